The number of carbonyl (C=O) groups is 1. The van der Waals surface area contributed by atoms with Crippen LogP contribution in [0.5, 0.6) is 0 Å². The highest BCUT2D eigenvalue weighted by Gasteiger charge is 2.23. The van der Waals surface area contributed by atoms with Crippen LogP contribution in [0.25, 0.3) is 0 Å². The molecule has 6 heteroatoms. The van der Waals surface area contributed by atoms with Gasteiger partial charge in [-0.05, 0) is 33.1 Å². The van der Waals surface area contributed by atoms with Gasteiger partial charge in [-0.2, -0.15) is 0 Å². The van der Waals surface area contributed by atoms with E-state index in [4.69, 9.17) is 4.74 Å². The van der Waals surface area contributed by atoms with E-state index in [0.29, 0.717) is 18.9 Å². The van der Waals surface area contributed by atoms with E-state index in [2.05, 4.69) is 9.97 Å². The van der Waals surface area contributed by atoms with Crippen molar-refractivity contribution < 1.29 is 9.53 Å². The van der Waals surface area contributed by atoms with Gasteiger partial charge in [0, 0.05) is 25.9 Å². The summed E-state index contributed by atoms with van der Waals surface area (Å²) in [5, 5.41) is 0. The molecule has 1 aliphatic heterocycles. The zero-order valence-electron chi connectivity index (χ0n) is 12.0. The van der Waals surface area contributed by atoms with Crippen molar-refractivity contribution in [1.82, 2.24) is 14.9 Å². The molecule has 20 heavy (non-hydrogen) atoms. The summed E-state index contributed by atoms with van der Waals surface area (Å²) < 4.78 is 5.65. The average Bonchev–Trinajstić information content (AvgIpc) is 2.45. The smallest absolute Gasteiger partial charge is 0.263 e. The van der Waals surface area contributed by atoms with Crippen LogP contribution in [-0.4, -0.2) is 46.6 Å². The molecule has 2 rings (SSSR count). The van der Waals surface area contributed by atoms with Gasteiger partial charge in [0.2, 0.25) is 0 Å². The summed E-state index contributed by atoms with van der Waals surface area (Å²) in [5.74, 6) is 0.223. The van der Waals surface area contributed by atoms with E-state index in [1.54, 1.807) is 11.8 Å². The number of aromatic amines is 1. The van der Waals surface area contributed by atoms with Gasteiger partial charge in [-0.15, -0.1) is 0 Å². The van der Waals surface area contributed by atoms with E-state index in [1.807, 2.05) is 6.92 Å². The van der Waals surface area contributed by atoms with Crippen molar-refractivity contribution in [3.05, 3.63) is 27.9 Å². The van der Waals surface area contributed by atoms with Gasteiger partial charge in [-0.1, -0.05) is 0 Å². The van der Waals surface area contributed by atoms with Crippen LogP contribution in [0.2, 0.25) is 0 Å². The lowest BCUT2D eigenvalue weighted by Crippen LogP contribution is -2.41. The Balaban J connectivity index is 2.09. The number of amides is 1. The molecule has 0 bridgehead atoms. The quantitative estimate of drug-likeness (QED) is 0.896. The molecule has 0 radical (unpaired) electrons. The van der Waals surface area contributed by atoms with Crippen LogP contribution in [0.1, 0.15) is 42.4 Å². The maximum absolute atomic E-state index is 12.4. The molecule has 6 nitrogen and oxygen atoms in total. The normalized spacial score (nSPS) is 18.8. The second-order valence-corrected chi connectivity index (χ2v) is 5.04. The SMILES string of the molecule is CCN(C[C@@H]1CCCCO1)C(=O)c1cnc(C)[nH]c1=O. The van der Waals surface area contributed by atoms with Crippen LogP contribution in [0.15, 0.2) is 11.0 Å². The number of H-pyrrole nitrogens is 1. The molecule has 0 aromatic carbocycles. The van der Waals surface area contributed by atoms with E-state index < -0.39 is 0 Å². The molecule has 0 spiro atoms. The fraction of sp³-hybridized carbons (Fsp3) is 0.643. The molecule has 0 saturated carbocycles. The standard InChI is InChI=1S/C14H21N3O3/c1-3-17(9-11-6-4-5-7-20-11)14(19)12-8-15-10(2)16-13(12)18/h8,11H,3-7,9H2,1-2H3,(H,15,16,18)/t11-/m0/s1. The fourth-order valence-corrected chi connectivity index (χ4v) is 2.36. The van der Waals surface area contributed by atoms with Crippen LogP contribution < -0.4 is 5.56 Å². The second-order valence-electron chi connectivity index (χ2n) is 5.04. The number of aryl methyl sites for hydroxylation is 1. The van der Waals surface area contributed by atoms with Crippen molar-refractivity contribution >= 4 is 5.91 Å². The lowest BCUT2D eigenvalue weighted by atomic mass is 10.1. The molecule has 2 heterocycles. The Morgan fingerprint density at radius 3 is 2.95 bits per heavy atom. The van der Waals surface area contributed by atoms with Crippen LogP contribution >= 0.6 is 0 Å². The first kappa shape index (κ1) is 14.7. The molecule has 110 valence electrons. The van der Waals surface area contributed by atoms with E-state index in [1.165, 1.54) is 6.20 Å². The third-order valence-corrected chi connectivity index (χ3v) is 3.52. The Bertz CT molecular complexity index is 521. The van der Waals surface area contributed by atoms with Crippen molar-refractivity contribution in [2.75, 3.05) is 19.7 Å². The number of carbonyl (C=O) groups excluding carboxylic acids is 1. The maximum Gasteiger partial charge on any atom is 0.263 e. The number of nitrogens with one attached hydrogen (secondary N) is 1. The first-order valence-electron chi connectivity index (χ1n) is 7.08. The highest BCUT2D eigenvalue weighted by Crippen LogP contribution is 2.14. The zero-order valence-corrected chi connectivity index (χ0v) is 12.0. The maximum atomic E-state index is 12.4. The summed E-state index contributed by atoms with van der Waals surface area (Å²) in [7, 11) is 0. The number of hydrogen-bond donors (Lipinski definition) is 1. The van der Waals surface area contributed by atoms with Crippen LogP contribution in [0.3, 0.4) is 0 Å². The van der Waals surface area contributed by atoms with E-state index in [-0.39, 0.29) is 23.1 Å². The third kappa shape index (κ3) is 3.45. The molecule has 1 aliphatic rings. The summed E-state index contributed by atoms with van der Waals surface area (Å²) >= 11 is 0. The van der Waals surface area contributed by atoms with Crippen molar-refractivity contribution in [2.24, 2.45) is 0 Å². The molecule has 0 aliphatic carbocycles. The Kier molecular flexibility index (Phi) is 4.89. The molecule has 1 atom stereocenters. The summed E-state index contributed by atoms with van der Waals surface area (Å²) in [5.41, 5.74) is -0.293. The number of nitrogens with zero attached hydrogens (tertiary/aromatic N) is 2. The summed E-state index contributed by atoms with van der Waals surface area (Å²) in [6.07, 6.45) is 4.60. The van der Waals surface area contributed by atoms with Gasteiger partial charge in [0.15, 0.2) is 0 Å². The first-order chi connectivity index (χ1) is 9.61. The van der Waals surface area contributed by atoms with Crippen LogP contribution in [0, 0.1) is 6.92 Å². The second kappa shape index (κ2) is 6.65. The summed E-state index contributed by atoms with van der Waals surface area (Å²) in [4.78, 5) is 32.4. The zero-order chi connectivity index (χ0) is 14.5. The minimum atomic E-state index is -0.384. The molecule has 1 amide bonds. The van der Waals surface area contributed by atoms with E-state index in [9.17, 15) is 9.59 Å². The van der Waals surface area contributed by atoms with Gasteiger partial charge in [0.05, 0.1) is 6.10 Å². The fourth-order valence-electron chi connectivity index (χ4n) is 2.36. The van der Waals surface area contributed by atoms with E-state index >= 15 is 0 Å². The van der Waals surface area contributed by atoms with Gasteiger partial charge >= 0.3 is 0 Å². The number of aromatic nitrogens is 2. The molecule has 1 aromatic rings. The van der Waals surface area contributed by atoms with Gasteiger partial charge in [0.25, 0.3) is 11.5 Å². The summed E-state index contributed by atoms with van der Waals surface area (Å²) in [6.45, 7) is 5.41. The number of ether oxygens (including phenoxy) is 1. The predicted molar refractivity (Wildman–Crippen MR) is 74.8 cm³/mol. The largest absolute Gasteiger partial charge is 0.376 e. The van der Waals surface area contributed by atoms with Crippen LogP contribution in [0.4, 0.5) is 0 Å². The monoisotopic (exact) mass is 279 g/mol. The minimum absolute atomic E-state index is 0.0742. The van der Waals surface area contributed by atoms with Crippen molar-refractivity contribution in [1.29, 1.82) is 0 Å². The highest BCUT2D eigenvalue weighted by molar-refractivity contribution is 5.93. The molecular formula is C14H21N3O3. The van der Waals surface area contributed by atoms with Crippen molar-refractivity contribution in [3.63, 3.8) is 0 Å². The van der Waals surface area contributed by atoms with Gasteiger partial charge in [0.1, 0.15) is 11.4 Å². The average molecular weight is 279 g/mol. The van der Waals surface area contributed by atoms with Crippen molar-refractivity contribution in [3.8, 4) is 0 Å². The lowest BCUT2D eigenvalue weighted by Gasteiger charge is -2.29. The summed E-state index contributed by atoms with van der Waals surface area (Å²) in [6, 6.07) is 0. The third-order valence-electron chi connectivity index (χ3n) is 3.52. The number of hydrogen-bond acceptors (Lipinski definition) is 4. The van der Waals surface area contributed by atoms with Gasteiger partial charge in [-0.3, -0.25) is 9.59 Å². The Labute approximate surface area is 118 Å². The molecule has 1 saturated heterocycles. The van der Waals surface area contributed by atoms with Gasteiger partial charge in [-0.25, -0.2) is 4.98 Å². The molecule has 1 N–H and O–H groups in total. The Hall–Kier alpha value is -1.69. The first-order valence-corrected chi connectivity index (χ1v) is 7.08. The van der Waals surface area contributed by atoms with E-state index in [0.717, 1.165) is 25.9 Å². The minimum Gasteiger partial charge on any atom is -0.376 e. The molecular weight excluding hydrogens is 258 g/mol. The lowest BCUT2D eigenvalue weighted by molar-refractivity contribution is -0.00316. The molecule has 1 aromatic heterocycles. The Morgan fingerprint density at radius 1 is 1.55 bits per heavy atom. The highest BCUT2D eigenvalue weighted by atomic mass is 16.5. The van der Waals surface area contributed by atoms with Gasteiger partial charge < -0.3 is 14.6 Å². The number of likely N-dealkylation sites (N-methyl/N-ethyl adjacent to an activating group) is 1. The predicted octanol–water partition coefficient (Wildman–Crippen LogP) is 1.11. The topological polar surface area (TPSA) is 75.3 Å². The Morgan fingerprint density at radius 2 is 2.35 bits per heavy atom. The molecule has 0 unspecified atom stereocenters. The number of rotatable bonds is 4. The molecule has 1 fully saturated rings. The van der Waals surface area contributed by atoms with Crippen molar-refractivity contribution in [2.45, 2.75) is 39.2 Å². The van der Waals surface area contributed by atoms with Crippen LogP contribution in [-0.2, 0) is 4.74 Å².